The Kier molecular flexibility index (Phi) is 3.80. The largest absolute Gasteiger partial charge is 0.391 e. The SMILES string of the molecule is C=CCN(c1ccccc1)c1cc(C)[n+](C)c(N)n1. The maximum Gasteiger partial charge on any atom is 0.391 e. The Labute approximate surface area is 113 Å². The van der Waals surface area contributed by atoms with Crippen molar-refractivity contribution in [2.75, 3.05) is 17.2 Å². The molecule has 4 nitrogen and oxygen atoms in total. The summed E-state index contributed by atoms with van der Waals surface area (Å²) in [5, 5.41) is 0. The first-order valence-electron chi connectivity index (χ1n) is 6.20. The number of aromatic nitrogens is 2. The third-order valence-corrected chi connectivity index (χ3v) is 3.10. The highest BCUT2D eigenvalue weighted by Crippen LogP contribution is 2.23. The lowest BCUT2D eigenvalue weighted by molar-refractivity contribution is -0.665. The first-order chi connectivity index (χ1) is 9.13. The van der Waals surface area contributed by atoms with Gasteiger partial charge in [0.15, 0.2) is 0 Å². The normalized spacial score (nSPS) is 10.2. The molecule has 2 N–H and O–H groups in total. The Balaban J connectivity index is 2.48. The molecule has 19 heavy (non-hydrogen) atoms. The quantitative estimate of drug-likeness (QED) is 0.672. The molecular formula is C15H19N4+. The van der Waals surface area contributed by atoms with Crippen LogP contribution in [0.25, 0.3) is 0 Å². The second kappa shape index (κ2) is 5.52. The van der Waals surface area contributed by atoms with Crippen molar-refractivity contribution in [2.24, 2.45) is 7.05 Å². The van der Waals surface area contributed by atoms with Crippen molar-refractivity contribution in [1.82, 2.24) is 4.98 Å². The summed E-state index contributed by atoms with van der Waals surface area (Å²) in [7, 11) is 1.90. The average Bonchev–Trinajstić information content (AvgIpc) is 2.42. The zero-order chi connectivity index (χ0) is 13.8. The van der Waals surface area contributed by atoms with Gasteiger partial charge in [-0.05, 0) is 19.1 Å². The van der Waals surface area contributed by atoms with E-state index in [4.69, 9.17) is 5.73 Å². The summed E-state index contributed by atoms with van der Waals surface area (Å²) in [5.74, 6) is 1.33. The molecule has 0 spiro atoms. The maximum atomic E-state index is 5.93. The van der Waals surface area contributed by atoms with Gasteiger partial charge in [-0.25, -0.2) is 4.57 Å². The van der Waals surface area contributed by atoms with Crippen LogP contribution in [0.15, 0.2) is 49.1 Å². The number of nitrogen functional groups attached to an aromatic ring is 1. The fourth-order valence-electron chi connectivity index (χ4n) is 1.90. The fraction of sp³-hybridized carbons (Fsp3) is 0.200. The van der Waals surface area contributed by atoms with Crippen LogP contribution < -0.4 is 15.2 Å². The second-order valence-corrected chi connectivity index (χ2v) is 4.41. The van der Waals surface area contributed by atoms with E-state index in [1.54, 1.807) is 0 Å². The van der Waals surface area contributed by atoms with Gasteiger partial charge in [0.2, 0.25) is 5.82 Å². The topological polar surface area (TPSA) is 46.0 Å². The highest BCUT2D eigenvalue weighted by molar-refractivity contribution is 5.60. The monoisotopic (exact) mass is 255 g/mol. The number of nitrogens with zero attached hydrogens (tertiary/aromatic N) is 3. The van der Waals surface area contributed by atoms with Crippen LogP contribution in [0, 0.1) is 6.92 Å². The molecule has 0 bridgehead atoms. The number of para-hydroxylation sites is 1. The minimum Gasteiger partial charge on any atom is -0.309 e. The third kappa shape index (κ3) is 2.73. The molecule has 98 valence electrons. The Hall–Kier alpha value is -2.36. The Morgan fingerprint density at radius 1 is 1.37 bits per heavy atom. The van der Waals surface area contributed by atoms with Crippen LogP contribution in [-0.2, 0) is 7.05 Å². The highest BCUT2D eigenvalue weighted by atomic mass is 15.2. The molecule has 0 saturated heterocycles. The van der Waals surface area contributed by atoms with Crippen LogP contribution in [0.3, 0.4) is 0 Å². The molecule has 0 aliphatic rings. The van der Waals surface area contributed by atoms with Gasteiger partial charge in [0.1, 0.15) is 0 Å². The maximum absolute atomic E-state index is 5.93. The molecule has 0 amide bonds. The summed E-state index contributed by atoms with van der Waals surface area (Å²) in [4.78, 5) is 6.53. The summed E-state index contributed by atoms with van der Waals surface area (Å²) < 4.78 is 1.86. The summed E-state index contributed by atoms with van der Waals surface area (Å²) in [6.07, 6.45) is 1.85. The van der Waals surface area contributed by atoms with Gasteiger partial charge in [0.05, 0.1) is 12.7 Å². The lowest BCUT2D eigenvalue weighted by atomic mass is 10.2. The summed E-state index contributed by atoms with van der Waals surface area (Å²) >= 11 is 0. The van der Waals surface area contributed by atoms with Gasteiger partial charge in [-0.1, -0.05) is 29.3 Å². The Morgan fingerprint density at radius 3 is 2.63 bits per heavy atom. The minimum absolute atomic E-state index is 0.500. The van der Waals surface area contributed by atoms with E-state index in [0.717, 1.165) is 17.2 Å². The molecule has 4 heteroatoms. The van der Waals surface area contributed by atoms with Gasteiger partial charge in [-0.2, -0.15) is 0 Å². The van der Waals surface area contributed by atoms with Crippen molar-refractivity contribution in [3.63, 3.8) is 0 Å². The van der Waals surface area contributed by atoms with Crippen molar-refractivity contribution in [3.8, 4) is 0 Å². The number of anilines is 3. The lowest BCUT2D eigenvalue weighted by Crippen LogP contribution is -2.37. The van der Waals surface area contributed by atoms with E-state index in [1.807, 2.05) is 61.0 Å². The van der Waals surface area contributed by atoms with Crippen LogP contribution in [0.2, 0.25) is 0 Å². The minimum atomic E-state index is 0.500. The molecular weight excluding hydrogens is 236 g/mol. The fourth-order valence-corrected chi connectivity index (χ4v) is 1.90. The predicted molar refractivity (Wildman–Crippen MR) is 78.2 cm³/mol. The van der Waals surface area contributed by atoms with E-state index in [9.17, 15) is 0 Å². The molecule has 0 aliphatic carbocycles. The van der Waals surface area contributed by atoms with Crippen LogP contribution in [0.4, 0.5) is 17.5 Å². The van der Waals surface area contributed by atoms with E-state index < -0.39 is 0 Å². The summed E-state index contributed by atoms with van der Waals surface area (Å²) in [6, 6.07) is 12.1. The van der Waals surface area contributed by atoms with E-state index in [-0.39, 0.29) is 0 Å². The number of benzene rings is 1. The number of hydrogen-bond donors (Lipinski definition) is 1. The third-order valence-electron chi connectivity index (χ3n) is 3.10. The summed E-state index contributed by atoms with van der Waals surface area (Å²) in [6.45, 7) is 6.50. The number of rotatable bonds is 4. The molecule has 0 fully saturated rings. The smallest absolute Gasteiger partial charge is 0.309 e. The average molecular weight is 255 g/mol. The van der Waals surface area contributed by atoms with Crippen LogP contribution in [0.1, 0.15) is 5.69 Å². The van der Waals surface area contributed by atoms with Gasteiger partial charge in [0.25, 0.3) is 0 Å². The first kappa shape index (κ1) is 13.1. The molecule has 0 atom stereocenters. The molecule has 1 aromatic heterocycles. The molecule has 0 radical (unpaired) electrons. The number of hydrogen-bond acceptors (Lipinski definition) is 3. The zero-order valence-corrected chi connectivity index (χ0v) is 11.4. The zero-order valence-electron chi connectivity index (χ0n) is 11.4. The van der Waals surface area contributed by atoms with Crippen molar-refractivity contribution in [3.05, 3.63) is 54.7 Å². The standard InChI is InChI=1S/C15H18N4/c1-4-10-19(13-8-6-5-7-9-13)14-11-12(2)18(3)15(16)17-14/h4-9,11,16H,1,10H2,2-3H3/p+1. The molecule has 2 rings (SSSR count). The van der Waals surface area contributed by atoms with Crippen LogP contribution in [-0.4, -0.2) is 11.5 Å². The van der Waals surface area contributed by atoms with Gasteiger partial charge in [-0.15, -0.1) is 6.58 Å². The van der Waals surface area contributed by atoms with E-state index in [1.165, 1.54) is 0 Å². The van der Waals surface area contributed by atoms with Gasteiger partial charge < -0.3 is 4.90 Å². The van der Waals surface area contributed by atoms with E-state index in [0.29, 0.717) is 12.5 Å². The molecule has 0 aliphatic heterocycles. The number of nitrogens with two attached hydrogens (primary N) is 1. The molecule has 2 aromatic rings. The Morgan fingerprint density at radius 2 is 2.05 bits per heavy atom. The predicted octanol–water partition coefficient (Wildman–Crippen LogP) is 2.12. The van der Waals surface area contributed by atoms with Gasteiger partial charge in [0, 0.05) is 18.3 Å². The molecule has 1 heterocycles. The number of aryl methyl sites for hydroxylation is 1. The molecule has 1 aromatic carbocycles. The molecule has 0 saturated carbocycles. The lowest BCUT2D eigenvalue weighted by Gasteiger charge is -2.20. The first-order valence-corrected chi connectivity index (χ1v) is 6.20. The van der Waals surface area contributed by atoms with Crippen molar-refractivity contribution >= 4 is 17.5 Å². The van der Waals surface area contributed by atoms with Gasteiger partial charge in [-0.3, -0.25) is 5.73 Å². The second-order valence-electron chi connectivity index (χ2n) is 4.41. The van der Waals surface area contributed by atoms with Crippen LogP contribution >= 0.6 is 0 Å². The van der Waals surface area contributed by atoms with Crippen LogP contribution in [0.5, 0.6) is 0 Å². The Bertz CT molecular complexity index is 555. The summed E-state index contributed by atoms with van der Waals surface area (Å²) in [5.41, 5.74) is 8.07. The molecule has 0 unspecified atom stereocenters. The van der Waals surface area contributed by atoms with E-state index in [2.05, 4.69) is 16.5 Å². The van der Waals surface area contributed by atoms with E-state index >= 15 is 0 Å². The van der Waals surface area contributed by atoms with Crippen molar-refractivity contribution < 1.29 is 4.57 Å². The van der Waals surface area contributed by atoms with Crippen molar-refractivity contribution in [1.29, 1.82) is 0 Å². The highest BCUT2D eigenvalue weighted by Gasteiger charge is 2.16. The van der Waals surface area contributed by atoms with Gasteiger partial charge >= 0.3 is 5.95 Å². The van der Waals surface area contributed by atoms with Crippen molar-refractivity contribution in [2.45, 2.75) is 6.92 Å².